The predicted molar refractivity (Wildman–Crippen MR) is 111 cm³/mol. The summed E-state index contributed by atoms with van der Waals surface area (Å²) in [5.41, 5.74) is 8.40. The Bertz CT molecular complexity index is 960. The largest absolute Gasteiger partial charge is 0.364 e. The molecule has 0 unspecified atom stereocenters. The molecule has 2 aromatic rings. The van der Waals surface area contributed by atoms with Gasteiger partial charge in [-0.15, -0.1) is 10.2 Å². The van der Waals surface area contributed by atoms with E-state index in [0.717, 1.165) is 23.2 Å². The third kappa shape index (κ3) is 4.34. The van der Waals surface area contributed by atoms with E-state index in [0.29, 0.717) is 6.54 Å². The molecule has 0 saturated carbocycles. The Labute approximate surface area is 169 Å². The molecular formula is C20H25N7O2. The van der Waals surface area contributed by atoms with Gasteiger partial charge in [0, 0.05) is 18.3 Å². The third-order valence-corrected chi connectivity index (χ3v) is 5.22. The molecule has 0 spiro atoms. The number of carbonyl (C=O) groups is 2. The third-order valence-electron chi connectivity index (χ3n) is 5.22. The summed E-state index contributed by atoms with van der Waals surface area (Å²) < 4.78 is 0. The summed E-state index contributed by atoms with van der Waals surface area (Å²) in [4.78, 5) is 29.8. The van der Waals surface area contributed by atoms with Crippen molar-refractivity contribution in [1.82, 2.24) is 20.1 Å². The maximum atomic E-state index is 11.9. The fourth-order valence-electron chi connectivity index (χ4n) is 3.32. The van der Waals surface area contributed by atoms with E-state index in [-0.39, 0.29) is 35.5 Å². The molecule has 152 valence electrons. The van der Waals surface area contributed by atoms with E-state index in [1.165, 1.54) is 6.08 Å². The van der Waals surface area contributed by atoms with Gasteiger partial charge in [-0.1, -0.05) is 12.6 Å². The van der Waals surface area contributed by atoms with Crippen molar-refractivity contribution in [3.63, 3.8) is 0 Å². The Morgan fingerprint density at radius 1 is 1.28 bits per heavy atom. The van der Waals surface area contributed by atoms with Crippen molar-refractivity contribution in [2.24, 2.45) is 5.73 Å². The average Bonchev–Trinajstić information content (AvgIpc) is 3.04. The summed E-state index contributed by atoms with van der Waals surface area (Å²) in [5, 5.41) is 14.2. The number of amides is 2. The number of rotatable bonds is 6. The van der Waals surface area contributed by atoms with Gasteiger partial charge in [-0.05, 0) is 56.5 Å². The van der Waals surface area contributed by atoms with Crippen LogP contribution in [0.2, 0.25) is 0 Å². The topological polar surface area (TPSA) is 126 Å². The van der Waals surface area contributed by atoms with Crippen molar-refractivity contribution in [2.45, 2.75) is 39.3 Å². The molecule has 1 aliphatic rings. The number of hydrogen-bond donors (Lipinski definition) is 3. The fraction of sp³-hybridized carbons (Fsp3) is 0.350. The van der Waals surface area contributed by atoms with Gasteiger partial charge in [0.05, 0.1) is 6.04 Å². The first-order valence-corrected chi connectivity index (χ1v) is 9.38. The van der Waals surface area contributed by atoms with Crippen LogP contribution < -0.4 is 16.4 Å². The predicted octanol–water partition coefficient (Wildman–Crippen LogP) is 1.92. The lowest BCUT2D eigenvalue weighted by Gasteiger charge is -2.24. The molecule has 0 aliphatic carbocycles. The molecule has 1 aromatic heterocycles. The highest BCUT2D eigenvalue weighted by Gasteiger charge is 2.33. The van der Waals surface area contributed by atoms with Gasteiger partial charge in [-0.2, -0.15) is 4.98 Å². The number of likely N-dealkylation sites (tertiary alicyclic amines) is 1. The molecular weight excluding hydrogens is 370 g/mol. The van der Waals surface area contributed by atoms with Crippen molar-refractivity contribution < 1.29 is 9.59 Å². The van der Waals surface area contributed by atoms with Crippen LogP contribution in [-0.4, -0.2) is 50.5 Å². The molecule has 2 heterocycles. The lowest BCUT2D eigenvalue weighted by molar-refractivity contribution is -0.126. The van der Waals surface area contributed by atoms with E-state index in [1.807, 2.05) is 39.0 Å². The van der Waals surface area contributed by atoms with Crippen LogP contribution in [0.25, 0.3) is 0 Å². The van der Waals surface area contributed by atoms with Crippen molar-refractivity contribution in [3.05, 3.63) is 47.7 Å². The van der Waals surface area contributed by atoms with Crippen molar-refractivity contribution in [1.29, 1.82) is 0 Å². The van der Waals surface area contributed by atoms with E-state index in [1.54, 1.807) is 4.90 Å². The average molecular weight is 395 g/mol. The van der Waals surface area contributed by atoms with Gasteiger partial charge in [0.25, 0.3) is 5.91 Å². The van der Waals surface area contributed by atoms with Crippen LogP contribution >= 0.6 is 0 Å². The zero-order valence-electron chi connectivity index (χ0n) is 16.8. The number of benzene rings is 1. The van der Waals surface area contributed by atoms with Crippen LogP contribution in [0.5, 0.6) is 0 Å². The van der Waals surface area contributed by atoms with Gasteiger partial charge >= 0.3 is 0 Å². The Hall–Kier alpha value is -3.49. The summed E-state index contributed by atoms with van der Waals surface area (Å²) in [5.74, 6) is -0.351. The molecule has 1 aromatic carbocycles. The van der Waals surface area contributed by atoms with E-state index in [2.05, 4.69) is 32.4 Å². The zero-order chi connectivity index (χ0) is 21.1. The Morgan fingerprint density at radius 3 is 2.69 bits per heavy atom. The minimum absolute atomic E-state index is 0.0447. The summed E-state index contributed by atoms with van der Waals surface area (Å²) in [6, 6.07) is 5.71. The number of nitrogens with one attached hydrogen (secondary N) is 2. The van der Waals surface area contributed by atoms with Crippen LogP contribution in [0, 0.1) is 13.8 Å². The number of carbonyl (C=O) groups excluding carboxylic acids is 2. The highest BCUT2D eigenvalue weighted by atomic mass is 16.2. The van der Waals surface area contributed by atoms with Crippen LogP contribution in [0.4, 0.5) is 17.5 Å². The lowest BCUT2D eigenvalue weighted by Crippen LogP contribution is -2.39. The maximum Gasteiger partial charge on any atom is 0.273 e. The number of aromatic nitrogens is 3. The normalized spacial score (nSPS) is 18.4. The molecule has 0 radical (unpaired) electrons. The van der Waals surface area contributed by atoms with Gasteiger partial charge in [0.1, 0.15) is 0 Å². The van der Waals surface area contributed by atoms with Crippen LogP contribution in [0.15, 0.2) is 30.9 Å². The van der Waals surface area contributed by atoms with E-state index in [4.69, 9.17) is 5.73 Å². The summed E-state index contributed by atoms with van der Waals surface area (Å²) in [6.07, 6.45) is 2.05. The monoisotopic (exact) mass is 395 g/mol. The van der Waals surface area contributed by atoms with Crippen molar-refractivity contribution in [2.75, 3.05) is 17.2 Å². The van der Waals surface area contributed by atoms with E-state index >= 15 is 0 Å². The van der Waals surface area contributed by atoms with Crippen LogP contribution in [-0.2, 0) is 4.79 Å². The second kappa shape index (κ2) is 8.26. The molecule has 1 saturated heterocycles. The van der Waals surface area contributed by atoms with Crippen LogP contribution in [0.3, 0.4) is 0 Å². The fourth-order valence-corrected chi connectivity index (χ4v) is 3.32. The molecule has 4 N–H and O–H groups in total. The van der Waals surface area contributed by atoms with E-state index in [9.17, 15) is 9.59 Å². The Balaban J connectivity index is 1.83. The van der Waals surface area contributed by atoms with Gasteiger partial charge in [-0.3, -0.25) is 9.59 Å². The van der Waals surface area contributed by atoms with Crippen LogP contribution in [0.1, 0.15) is 35.0 Å². The molecule has 3 rings (SSSR count). The number of primary amides is 1. The second-order valence-electron chi connectivity index (χ2n) is 7.14. The molecule has 29 heavy (non-hydrogen) atoms. The Kier molecular flexibility index (Phi) is 5.76. The van der Waals surface area contributed by atoms with Gasteiger partial charge in [0.2, 0.25) is 11.9 Å². The SMILES string of the molecule is C=CC(=O)N1CC[C@@H](Nc2nnc(C(N)=O)c(Nc3ccc(C)c(C)c3)n2)[C@H]1C. The lowest BCUT2D eigenvalue weighted by atomic mass is 10.1. The maximum absolute atomic E-state index is 11.9. The number of aryl methyl sites for hydroxylation is 2. The Morgan fingerprint density at radius 2 is 2.03 bits per heavy atom. The minimum Gasteiger partial charge on any atom is -0.364 e. The summed E-state index contributed by atoms with van der Waals surface area (Å²) >= 11 is 0. The zero-order valence-corrected chi connectivity index (χ0v) is 16.8. The molecule has 9 heteroatoms. The first-order chi connectivity index (χ1) is 13.8. The quantitative estimate of drug-likeness (QED) is 0.638. The molecule has 0 bridgehead atoms. The first-order valence-electron chi connectivity index (χ1n) is 9.38. The van der Waals surface area contributed by atoms with Crippen molar-refractivity contribution >= 4 is 29.3 Å². The smallest absolute Gasteiger partial charge is 0.273 e. The molecule has 1 aliphatic heterocycles. The van der Waals surface area contributed by atoms with E-state index < -0.39 is 5.91 Å². The molecule has 2 amide bonds. The van der Waals surface area contributed by atoms with Gasteiger partial charge in [-0.25, -0.2) is 0 Å². The second-order valence-corrected chi connectivity index (χ2v) is 7.14. The number of nitrogens with zero attached hydrogens (tertiary/aromatic N) is 4. The van der Waals surface area contributed by atoms with Gasteiger partial charge < -0.3 is 21.3 Å². The first kappa shape index (κ1) is 20.2. The molecule has 1 fully saturated rings. The summed E-state index contributed by atoms with van der Waals surface area (Å²) in [7, 11) is 0. The summed E-state index contributed by atoms with van der Waals surface area (Å²) in [6.45, 7) is 10.1. The van der Waals surface area contributed by atoms with Crippen molar-refractivity contribution in [3.8, 4) is 0 Å². The molecule has 2 atom stereocenters. The van der Waals surface area contributed by atoms with Gasteiger partial charge in [0.15, 0.2) is 11.5 Å². The standard InChI is InChI=1S/C20H25N7O2/c1-5-16(28)27-9-8-15(13(27)4)23-20-24-19(17(18(21)29)25-26-20)22-14-7-6-11(2)12(3)10-14/h5-7,10,13,15H,1,8-9H2,2-4H3,(H2,21,29)(H2,22,23,24,26)/t13-,15-/m1/s1. The number of nitrogens with two attached hydrogens (primary N) is 1. The highest BCUT2D eigenvalue weighted by Crippen LogP contribution is 2.23. The number of hydrogen-bond acceptors (Lipinski definition) is 7. The molecule has 9 nitrogen and oxygen atoms in total. The number of anilines is 3. The highest BCUT2D eigenvalue weighted by molar-refractivity contribution is 5.96. The minimum atomic E-state index is -0.722.